The summed E-state index contributed by atoms with van der Waals surface area (Å²) >= 11 is 0. The number of carbonyl (C=O) groups excluding carboxylic acids is 1. The Morgan fingerprint density at radius 1 is 1.29 bits per heavy atom. The Labute approximate surface area is 101 Å². The molecule has 1 saturated carbocycles. The van der Waals surface area contributed by atoms with E-state index < -0.39 is 5.97 Å². The summed E-state index contributed by atoms with van der Waals surface area (Å²) < 4.78 is 0. The zero-order valence-electron chi connectivity index (χ0n) is 10.0. The van der Waals surface area contributed by atoms with Crippen LogP contribution in [0.15, 0.2) is 0 Å². The van der Waals surface area contributed by atoms with Crippen LogP contribution in [0.4, 0.5) is 0 Å². The van der Waals surface area contributed by atoms with Crippen LogP contribution in [0.25, 0.3) is 0 Å². The molecule has 96 valence electrons. The Morgan fingerprint density at radius 2 is 2.06 bits per heavy atom. The molecule has 1 heterocycles. The van der Waals surface area contributed by atoms with Gasteiger partial charge in [0.2, 0.25) is 5.91 Å². The number of hydrogen-bond acceptors (Lipinski definition) is 3. The first-order valence-corrected chi connectivity index (χ1v) is 6.41. The lowest BCUT2D eigenvalue weighted by Crippen LogP contribution is -2.44. The number of amides is 1. The van der Waals surface area contributed by atoms with Crippen molar-refractivity contribution in [2.75, 3.05) is 19.6 Å². The number of nitrogens with one attached hydrogen (secondary N) is 1. The minimum Gasteiger partial charge on any atom is -0.481 e. The van der Waals surface area contributed by atoms with Gasteiger partial charge in [-0.05, 0) is 32.2 Å². The summed E-state index contributed by atoms with van der Waals surface area (Å²) in [6.07, 6.45) is 4.09. The van der Waals surface area contributed by atoms with Gasteiger partial charge in [-0.25, -0.2) is 0 Å². The highest BCUT2D eigenvalue weighted by Crippen LogP contribution is 2.29. The molecule has 17 heavy (non-hydrogen) atoms. The van der Waals surface area contributed by atoms with Gasteiger partial charge in [0, 0.05) is 19.1 Å². The van der Waals surface area contributed by atoms with Crippen molar-refractivity contribution in [1.82, 2.24) is 10.2 Å². The van der Waals surface area contributed by atoms with E-state index in [0.29, 0.717) is 12.6 Å². The van der Waals surface area contributed by atoms with Gasteiger partial charge in [-0.3, -0.25) is 9.59 Å². The molecular weight excluding hydrogens is 220 g/mol. The smallest absolute Gasteiger partial charge is 0.305 e. The summed E-state index contributed by atoms with van der Waals surface area (Å²) in [6, 6.07) is 0.309. The topological polar surface area (TPSA) is 69.6 Å². The molecule has 2 aliphatic rings. The van der Waals surface area contributed by atoms with E-state index in [1.165, 1.54) is 0 Å². The van der Waals surface area contributed by atoms with E-state index in [9.17, 15) is 9.59 Å². The molecule has 5 nitrogen and oxygen atoms in total. The maximum absolute atomic E-state index is 12.3. The normalized spacial score (nSPS) is 24.4. The number of carboxylic acid groups (broad SMARTS) is 1. The Hall–Kier alpha value is -1.10. The summed E-state index contributed by atoms with van der Waals surface area (Å²) in [5.74, 6) is -0.621. The predicted octanol–water partition coefficient (Wildman–Crippen LogP) is 0.452. The second-order valence-corrected chi connectivity index (χ2v) is 4.95. The maximum atomic E-state index is 12.3. The molecule has 5 heteroatoms. The number of piperidine rings is 1. The number of carboxylic acids is 1. The monoisotopic (exact) mass is 240 g/mol. The lowest BCUT2D eigenvalue weighted by molar-refractivity contribution is -0.140. The van der Waals surface area contributed by atoms with Gasteiger partial charge < -0.3 is 15.3 Å². The zero-order valence-corrected chi connectivity index (χ0v) is 10.0. The van der Waals surface area contributed by atoms with Gasteiger partial charge in [-0.2, -0.15) is 0 Å². The Bertz CT molecular complexity index is 296. The summed E-state index contributed by atoms with van der Waals surface area (Å²) in [6.45, 7) is 2.10. The quantitative estimate of drug-likeness (QED) is 0.732. The standard InChI is InChI=1S/C12H20N2O3/c15-11(16)5-7-14(10-3-4-10)12(17)9-2-1-6-13-8-9/h9-10,13H,1-8H2,(H,15,16)/t9-/m1/s1. The lowest BCUT2D eigenvalue weighted by Gasteiger charge is -2.29. The van der Waals surface area contributed by atoms with Crippen LogP contribution >= 0.6 is 0 Å². The molecule has 2 fully saturated rings. The van der Waals surface area contributed by atoms with Gasteiger partial charge in [0.05, 0.1) is 12.3 Å². The van der Waals surface area contributed by atoms with E-state index in [1.807, 2.05) is 0 Å². The Morgan fingerprint density at radius 3 is 2.59 bits per heavy atom. The fourth-order valence-corrected chi connectivity index (χ4v) is 2.37. The Kier molecular flexibility index (Phi) is 3.99. The number of hydrogen-bond donors (Lipinski definition) is 2. The van der Waals surface area contributed by atoms with Crippen molar-refractivity contribution in [2.45, 2.75) is 38.1 Å². The molecule has 1 atom stereocenters. The van der Waals surface area contributed by atoms with Crippen LogP contribution in [0, 0.1) is 5.92 Å². The van der Waals surface area contributed by atoms with Crippen molar-refractivity contribution in [3.8, 4) is 0 Å². The zero-order chi connectivity index (χ0) is 12.3. The second-order valence-electron chi connectivity index (χ2n) is 4.95. The fourth-order valence-electron chi connectivity index (χ4n) is 2.37. The van der Waals surface area contributed by atoms with Gasteiger partial charge in [-0.15, -0.1) is 0 Å². The Balaban J connectivity index is 1.89. The van der Waals surface area contributed by atoms with Crippen LogP contribution in [-0.2, 0) is 9.59 Å². The van der Waals surface area contributed by atoms with Crippen molar-refractivity contribution in [1.29, 1.82) is 0 Å². The third kappa shape index (κ3) is 3.43. The summed E-state index contributed by atoms with van der Waals surface area (Å²) in [5, 5.41) is 11.9. The van der Waals surface area contributed by atoms with E-state index in [1.54, 1.807) is 4.90 Å². The van der Waals surface area contributed by atoms with Crippen LogP contribution in [0.1, 0.15) is 32.1 Å². The largest absolute Gasteiger partial charge is 0.481 e. The van der Waals surface area contributed by atoms with Crippen LogP contribution in [0.3, 0.4) is 0 Å². The predicted molar refractivity (Wildman–Crippen MR) is 62.6 cm³/mol. The van der Waals surface area contributed by atoms with Crippen molar-refractivity contribution < 1.29 is 14.7 Å². The maximum Gasteiger partial charge on any atom is 0.305 e. The highest BCUT2D eigenvalue weighted by molar-refractivity contribution is 5.80. The SMILES string of the molecule is O=C(O)CCN(C(=O)[C@@H]1CCCNC1)C1CC1. The molecule has 0 spiro atoms. The minimum atomic E-state index is -0.829. The first-order valence-electron chi connectivity index (χ1n) is 6.41. The lowest BCUT2D eigenvalue weighted by atomic mass is 9.98. The van der Waals surface area contributed by atoms with E-state index in [-0.39, 0.29) is 18.2 Å². The third-order valence-corrected chi connectivity index (χ3v) is 3.48. The number of nitrogens with zero attached hydrogens (tertiary/aromatic N) is 1. The van der Waals surface area contributed by atoms with Crippen molar-refractivity contribution in [3.05, 3.63) is 0 Å². The molecule has 0 unspecified atom stereocenters. The summed E-state index contributed by atoms with van der Waals surface area (Å²) in [7, 11) is 0. The van der Waals surface area contributed by atoms with Crippen LogP contribution in [-0.4, -0.2) is 47.6 Å². The number of carbonyl (C=O) groups is 2. The average molecular weight is 240 g/mol. The highest BCUT2D eigenvalue weighted by Gasteiger charge is 2.36. The molecule has 0 aromatic carbocycles. The number of rotatable bonds is 5. The first-order chi connectivity index (χ1) is 8.18. The van der Waals surface area contributed by atoms with Crippen molar-refractivity contribution in [3.63, 3.8) is 0 Å². The number of aliphatic carboxylic acids is 1. The molecule has 0 aromatic rings. The molecule has 1 saturated heterocycles. The third-order valence-electron chi connectivity index (χ3n) is 3.48. The molecule has 0 aromatic heterocycles. The van der Waals surface area contributed by atoms with Crippen molar-refractivity contribution >= 4 is 11.9 Å². The van der Waals surface area contributed by atoms with Crippen LogP contribution in [0.5, 0.6) is 0 Å². The van der Waals surface area contributed by atoms with E-state index in [0.717, 1.165) is 38.8 Å². The van der Waals surface area contributed by atoms with Crippen LogP contribution in [0.2, 0.25) is 0 Å². The van der Waals surface area contributed by atoms with Gasteiger partial charge in [0.1, 0.15) is 0 Å². The van der Waals surface area contributed by atoms with Gasteiger partial charge in [-0.1, -0.05) is 0 Å². The van der Waals surface area contributed by atoms with E-state index >= 15 is 0 Å². The summed E-state index contributed by atoms with van der Waals surface area (Å²) in [5.41, 5.74) is 0. The first kappa shape index (κ1) is 12.4. The molecular formula is C12H20N2O3. The molecule has 2 N–H and O–H groups in total. The summed E-state index contributed by atoms with van der Waals surface area (Å²) in [4.78, 5) is 24.7. The molecule has 2 rings (SSSR count). The van der Waals surface area contributed by atoms with Gasteiger partial charge >= 0.3 is 5.97 Å². The van der Waals surface area contributed by atoms with E-state index in [2.05, 4.69) is 5.32 Å². The van der Waals surface area contributed by atoms with Crippen LogP contribution < -0.4 is 5.32 Å². The molecule has 1 amide bonds. The fraction of sp³-hybridized carbons (Fsp3) is 0.833. The minimum absolute atomic E-state index is 0.0538. The van der Waals surface area contributed by atoms with E-state index in [4.69, 9.17) is 5.11 Å². The molecule has 0 bridgehead atoms. The molecule has 1 aliphatic heterocycles. The van der Waals surface area contributed by atoms with Gasteiger partial charge in [0.15, 0.2) is 0 Å². The highest BCUT2D eigenvalue weighted by atomic mass is 16.4. The van der Waals surface area contributed by atoms with Gasteiger partial charge in [0.25, 0.3) is 0 Å². The molecule has 1 aliphatic carbocycles. The molecule has 0 radical (unpaired) electrons. The van der Waals surface area contributed by atoms with Crippen molar-refractivity contribution in [2.24, 2.45) is 5.92 Å². The second kappa shape index (κ2) is 5.49. The average Bonchev–Trinajstić information content (AvgIpc) is 3.14.